The summed E-state index contributed by atoms with van der Waals surface area (Å²) in [6, 6.07) is 21.4. The first-order valence-electron chi connectivity index (χ1n) is 9.09. The normalized spacial score (nSPS) is 10.8. The number of halogens is 1. The van der Waals surface area contributed by atoms with Crippen LogP contribution in [0, 0.1) is 6.92 Å². The van der Waals surface area contributed by atoms with Crippen LogP contribution >= 0.6 is 11.6 Å². The van der Waals surface area contributed by atoms with Crippen molar-refractivity contribution < 1.29 is 13.9 Å². The van der Waals surface area contributed by atoms with E-state index < -0.39 is 5.63 Å². The third-order valence-corrected chi connectivity index (χ3v) is 4.95. The number of carbonyl (C=O) groups excluding carboxylic acids is 1. The van der Waals surface area contributed by atoms with E-state index in [4.69, 9.17) is 20.8 Å². The summed E-state index contributed by atoms with van der Waals surface area (Å²) in [6.07, 6.45) is 0.164. The van der Waals surface area contributed by atoms with Gasteiger partial charge in [0.2, 0.25) is 0 Å². The largest absolute Gasteiger partial charge is 0.426 e. The predicted molar refractivity (Wildman–Crippen MR) is 113 cm³/mol. The van der Waals surface area contributed by atoms with Crippen LogP contribution in [0.5, 0.6) is 5.75 Å². The zero-order valence-electron chi connectivity index (χ0n) is 15.6. The van der Waals surface area contributed by atoms with Gasteiger partial charge in [0.1, 0.15) is 11.3 Å². The number of carbonyl (C=O) groups is 1. The third kappa shape index (κ3) is 4.08. The Morgan fingerprint density at radius 2 is 1.72 bits per heavy atom. The molecule has 0 saturated carbocycles. The lowest BCUT2D eigenvalue weighted by Gasteiger charge is -2.10. The quantitative estimate of drug-likeness (QED) is 0.253. The molecular weight excluding hydrogens is 388 g/mol. The summed E-state index contributed by atoms with van der Waals surface area (Å²) in [5, 5.41) is 1.37. The van der Waals surface area contributed by atoms with Gasteiger partial charge in [0, 0.05) is 16.5 Å². The molecule has 4 rings (SSSR count). The fraction of sp³-hybridized carbons (Fsp3) is 0.0833. The fourth-order valence-corrected chi connectivity index (χ4v) is 3.41. The van der Waals surface area contributed by atoms with Gasteiger partial charge in [-0.25, -0.2) is 4.79 Å². The lowest BCUT2D eigenvalue weighted by molar-refractivity contribution is -0.133. The van der Waals surface area contributed by atoms with Gasteiger partial charge in [0.05, 0.1) is 12.0 Å². The van der Waals surface area contributed by atoms with Gasteiger partial charge in [0.15, 0.2) is 0 Å². The number of hydrogen-bond acceptors (Lipinski definition) is 4. The molecule has 29 heavy (non-hydrogen) atoms. The van der Waals surface area contributed by atoms with Crippen LogP contribution in [0.25, 0.3) is 22.1 Å². The molecular formula is C24H17ClO4. The molecule has 0 N–H and O–H groups in total. The molecule has 0 fully saturated rings. The van der Waals surface area contributed by atoms with E-state index in [0.717, 1.165) is 22.1 Å². The van der Waals surface area contributed by atoms with Crippen molar-refractivity contribution in [2.75, 3.05) is 0 Å². The number of ether oxygens (including phenoxy) is 1. The highest BCUT2D eigenvalue weighted by Gasteiger charge is 2.15. The SMILES string of the molecule is Cc1c(-c2ccc(Cl)cc2)c(=O)oc2cc(OC(=O)Cc3ccccc3)ccc12. The maximum atomic E-state index is 12.6. The van der Waals surface area contributed by atoms with Gasteiger partial charge in [-0.2, -0.15) is 0 Å². The maximum absolute atomic E-state index is 12.6. The highest BCUT2D eigenvalue weighted by molar-refractivity contribution is 6.30. The van der Waals surface area contributed by atoms with Gasteiger partial charge >= 0.3 is 11.6 Å². The first-order valence-corrected chi connectivity index (χ1v) is 9.47. The predicted octanol–water partition coefficient (Wildman–Crippen LogP) is 5.57. The van der Waals surface area contributed by atoms with Crippen molar-refractivity contribution in [2.24, 2.45) is 0 Å². The summed E-state index contributed by atoms with van der Waals surface area (Å²) in [6.45, 7) is 1.87. The van der Waals surface area contributed by atoms with Gasteiger partial charge < -0.3 is 9.15 Å². The van der Waals surface area contributed by atoms with Crippen LogP contribution in [0.1, 0.15) is 11.1 Å². The van der Waals surface area contributed by atoms with Crippen molar-refractivity contribution in [1.29, 1.82) is 0 Å². The maximum Gasteiger partial charge on any atom is 0.344 e. The van der Waals surface area contributed by atoms with Crippen molar-refractivity contribution in [1.82, 2.24) is 0 Å². The summed E-state index contributed by atoms with van der Waals surface area (Å²) in [5.41, 5.74) is 2.80. The van der Waals surface area contributed by atoms with Gasteiger partial charge in [-0.3, -0.25) is 4.79 Å². The van der Waals surface area contributed by atoms with Gasteiger partial charge in [-0.1, -0.05) is 54.1 Å². The summed E-state index contributed by atoms with van der Waals surface area (Å²) in [7, 11) is 0. The zero-order valence-corrected chi connectivity index (χ0v) is 16.4. The Kier molecular flexibility index (Phi) is 5.19. The van der Waals surface area contributed by atoms with Crippen LogP contribution in [-0.4, -0.2) is 5.97 Å². The molecule has 0 amide bonds. The van der Waals surface area contributed by atoms with Crippen LogP contribution in [-0.2, 0) is 11.2 Å². The van der Waals surface area contributed by atoms with E-state index in [-0.39, 0.29) is 12.4 Å². The average Bonchev–Trinajstić information content (AvgIpc) is 2.70. The summed E-state index contributed by atoms with van der Waals surface area (Å²) in [4.78, 5) is 24.8. The van der Waals surface area contributed by atoms with E-state index in [1.807, 2.05) is 37.3 Å². The van der Waals surface area contributed by atoms with Crippen LogP contribution in [0.15, 0.2) is 82.0 Å². The monoisotopic (exact) mass is 404 g/mol. The van der Waals surface area contributed by atoms with E-state index in [1.165, 1.54) is 0 Å². The Hall–Kier alpha value is -3.37. The Labute approximate surface area is 172 Å². The molecule has 0 aliphatic carbocycles. The van der Waals surface area contributed by atoms with Gasteiger partial charge in [-0.15, -0.1) is 0 Å². The first-order chi connectivity index (χ1) is 14.0. The second kappa shape index (κ2) is 7.94. The summed E-state index contributed by atoms with van der Waals surface area (Å²) >= 11 is 5.94. The minimum absolute atomic E-state index is 0.164. The van der Waals surface area contributed by atoms with E-state index in [2.05, 4.69) is 0 Å². The molecule has 1 aromatic heterocycles. The van der Waals surface area contributed by atoms with E-state index in [0.29, 0.717) is 21.9 Å². The van der Waals surface area contributed by atoms with Gasteiger partial charge in [-0.05, 0) is 47.9 Å². The Morgan fingerprint density at radius 1 is 1.00 bits per heavy atom. The Bertz CT molecular complexity index is 1240. The summed E-state index contributed by atoms with van der Waals surface area (Å²) in [5.74, 6) is -0.0485. The van der Waals surface area contributed by atoms with E-state index in [1.54, 1.807) is 42.5 Å². The van der Waals surface area contributed by atoms with Crippen LogP contribution in [0.2, 0.25) is 5.02 Å². The Morgan fingerprint density at radius 3 is 2.45 bits per heavy atom. The number of esters is 1. The van der Waals surface area contributed by atoms with Crippen molar-refractivity contribution in [3.8, 4) is 16.9 Å². The zero-order chi connectivity index (χ0) is 20.4. The smallest absolute Gasteiger partial charge is 0.344 e. The number of benzene rings is 3. The lowest BCUT2D eigenvalue weighted by Crippen LogP contribution is -2.11. The fourth-order valence-electron chi connectivity index (χ4n) is 3.28. The third-order valence-electron chi connectivity index (χ3n) is 4.69. The molecule has 3 aromatic carbocycles. The van der Waals surface area contributed by atoms with Crippen LogP contribution in [0.3, 0.4) is 0 Å². The van der Waals surface area contributed by atoms with Crippen molar-refractivity contribution in [2.45, 2.75) is 13.3 Å². The Balaban J connectivity index is 1.65. The average molecular weight is 405 g/mol. The molecule has 0 spiro atoms. The second-order valence-corrected chi connectivity index (χ2v) is 7.13. The molecule has 0 radical (unpaired) electrons. The van der Waals surface area contributed by atoms with Crippen molar-refractivity contribution in [3.05, 3.63) is 99.4 Å². The molecule has 5 heteroatoms. The second-order valence-electron chi connectivity index (χ2n) is 6.69. The van der Waals surface area contributed by atoms with Crippen molar-refractivity contribution >= 4 is 28.5 Å². The minimum Gasteiger partial charge on any atom is -0.426 e. The van der Waals surface area contributed by atoms with Crippen molar-refractivity contribution in [3.63, 3.8) is 0 Å². The molecule has 4 nitrogen and oxygen atoms in total. The molecule has 0 bridgehead atoms. The summed E-state index contributed by atoms with van der Waals surface area (Å²) < 4.78 is 10.9. The standard InChI is InChI=1S/C24H17ClO4/c1-15-20-12-11-19(28-22(26)13-16-5-3-2-4-6-16)14-21(20)29-24(27)23(15)17-7-9-18(25)10-8-17/h2-12,14H,13H2,1H3. The number of hydrogen-bond donors (Lipinski definition) is 0. The van der Waals surface area contributed by atoms with Crippen LogP contribution < -0.4 is 10.4 Å². The topological polar surface area (TPSA) is 56.5 Å². The number of rotatable bonds is 4. The molecule has 0 atom stereocenters. The minimum atomic E-state index is -0.454. The van der Waals surface area contributed by atoms with Crippen LogP contribution in [0.4, 0.5) is 0 Å². The van der Waals surface area contributed by atoms with E-state index >= 15 is 0 Å². The van der Waals surface area contributed by atoms with Gasteiger partial charge in [0.25, 0.3) is 0 Å². The molecule has 0 aliphatic heterocycles. The highest BCUT2D eigenvalue weighted by atomic mass is 35.5. The molecule has 0 unspecified atom stereocenters. The molecule has 4 aromatic rings. The molecule has 1 heterocycles. The number of aryl methyl sites for hydroxylation is 1. The van der Waals surface area contributed by atoms with E-state index in [9.17, 15) is 9.59 Å². The molecule has 0 aliphatic rings. The molecule has 144 valence electrons. The molecule has 0 saturated heterocycles. The highest BCUT2D eigenvalue weighted by Crippen LogP contribution is 2.29. The lowest BCUT2D eigenvalue weighted by atomic mass is 10.00. The first kappa shape index (κ1) is 19.0. The number of fused-ring (bicyclic) bond motifs is 1.